The Labute approximate surface area is 122 Å². The van der Waals surface area contributed by atoms with Crippen LogP contribution >= 0.6 is 0 Å². The molecule has 1 saturated carbocycles. The van der Waals surface area contributed by atoms with Crippen LogP contribution < -0.4 is 5.32 Å². The zero-order valence-electron chi connectivity index (χ0n) is 12.8. The molecule has 1 aliphatic carbocycles. The Morgan fingerprint density at radius 3 is 3.00 bits per heavy atom. The Bertz CT molecular complexity index is 358. The second kappa shape index (κ2) is 9.14. The summed E-state index contributed by atoms with van der Waals surface area (Å²) < 4.78 is 8.15. The van der Waals surface area contributed by atoms with Crippen LogP contribution in [-0.4, -0.2) is 28.8 Å². The molecule has 114 valence electrons. The summed E-state index contributed by atoms with van der Waals surface area (Å²) in [7, 11) is 0. The van der Waals surface area contributed by atoms with Gasteiger partial charge in [0.2, 0.25) is 0 Å². The molecule has 0 unspecified atom stereocenters. The predicted molar refractivity (Wildman–Crippen MR) is 81.7 cm³/mol. The van der Waals surface area contributed by atoms with E-state index in [0.29, 0.717) is 6.10 Å². The smallest absolute Gasteiger partial charge is 0.0948 e. The normalized spacial score (nSPS) is 16.6. The number of nitrogens with one attached hydrogen (secondary N) is 1. The number of rotatable bonds is 9. The molecule has 0 aliphatic heterocycles. The van der Waals surface area contributed by atoms with Crippen molar-refractivity contribution in [1.29, 1.82) is 0 Å². The van der Waals surface area contributed by atoms with Gasteiger partial charge in [-0.15, -0.1) is 0 Å². The number of hydrogen-bond acceptors (Lipinski definition) is 3. The van der Waals surface area contributed by atoms with Crippen LogP contribution in [0.2, 0.25) is 0 Å². The maximum Gasteiger partial charge on any atom is 0.0948 e. The van der Waals surface area contributed by atoms with Crippen LogP contribution in [0.15, 0.2) is 12.5 Å². The molecule has 4 heteroatoms. The minimum Gasteiger partial charge on any atom is -0.378 e. The number of hydrogen-bond donors (Lipinski definition) is 1. The molecule has 1 aromatic heterocycles. The van der Waals surface area contributed by atoms with Crippen molar-refractivity contribution < 1.29 is 4.74 Å². The van der Waals surface area contributed by atoms with Gasteiger partial charge in [0.15, 0.2) is 0 Å². The molecular weight excluding hydrogens is 250 g/mol. The van der Waals surface area contributed by atoms with Gasteiger partial charge in [0, 0.05) is 25.9 Å². The van der Waals surface area contributed by atoms with Crippen molar-refractivity contribution in [2.24, 2.45) is 0 Å². The van der Waals surface area contributed by atoms with Crippen molar-refractivity contribution in [3.05, 3.63) is 18.2 Å². The molecule has 2 rings (SSSR count). The average Bonchev–Trinajstić information content (AvgIpc) is 2.92. The molecule has 0 aromatic carbocycles. The zero-order chi connectivity index (χ0) is 14.0. The quantitative estimate of drug-likeness (QED) is 0.706. The summed E-state index contributed by atoms with van der Waals surface area (Å²) in [6.07, 6.45) is 13.3. The van der Waals surface area contributed by atoms with E-state index in [4.69, 9.17) is 4.74 Å². The van der Waals surface area contributed by atoms with Crippen LogP contribution in [0.25, 0.3) is 0 Å². The summed E-state index contributed by atoms with van der Waals surface area (Å²) in [6, 6.07) is 0. The molecule has 0 saturated heterocycles. The van der Waals surface area contributed by atoms with Crippen molar-refractivity contribution in [2.75, 3.05) is 13.2 Å². The first-order valence-electron chi connectivity index (χ1n) is 8.21. The molecule has 4 nitrogen and oxygen atoms in total. The fraction of sp³-hybridized carbons (Fsp3) is 0.812. The van der Waals surface area contributed by atoms with Gasteiger partial charge in [0.1, 0.15) is 0 Å². The van der Waals surface area contributed by atoms with Crippen molar-refractivity contribution in [1.82, 2.24) is 14.9 Å². The fourth-order valence-electron chi connectivity index (χ4n) is 2.83. The maximum atomic E-state index is 5.92. The first-order chi connectivity index (χ1) is 9.90. The van der Waals surface area contributed by atoms with Gasteiger partial charge in [0.05, 0.1) is 18.1 Å². The number of ether oxygens (including phenoxy) is 1. The van der Waals surface area contributed by atoms with Gasteiger partial charge in [-0.25, -0.2) is 4.98 Å². The monoisotopic (exact) mass is 279 g/mol. The van der Waals surface area contributed by atoms with Crippen LogP contribution in [0, 0.1) is 0 Å². The largest absolute Gasteiger partial charge is 0.378 e. The summed E-state index contributed by atoms with van der Waals surface area (Å²) in [5.74, 6) is 0. The summed E-state index contributed by atoms with van der Waals surface area (Å²) in [5, 5.41) is 3.48. The molecule has 0 amide bonds. The van der Waals surface area contributed by atoms with E-state index in [9.17, 15) is 0 Å². The Morgan fingerprint density at radius 1 is 1.35 bits per heavy atom. The van der Waals surface area contributed by atoms with E-state index in [-0.39, 0.29) is 0 Å². The first kappa shape index (κ1) is 15.5. The topological polar surface area (TPSA) is 39.1 Å². The zero-order valence-corrected chi connectivity index (χ0v) is 12.8. The fourth-order valence-corrected chi connectivity index (χ4v) is 2.83. The molecule has 1 N–H and O–H groups in total. The standard InChI is InChI=1S/C16H29N3O/c1-2-10-19-14-18-13-15(19)12-17-9-6-11-20-16-7-4-3-5-8-16/h13-14,16-17H,2-12H2,1H3. The summed E-state index contributed by atoms with van der Waals surface area (Å²) in [4.78, 5) is 4.22. The Hall–Kier alpha value is -0.870. The second-order valence-electron chi connectivity index (χ2n) is 5.74. The SMILES string of the molecule is CCCn1cncc1CNCCCOC1CCCCC1. The lowest BCUT2D eigenvalue weighted by atomic mass is 9.98. The van der Waals surface area contributed by atoms with Crippen LogP contribution in [0.4, 0.5) is 0 Å². The summed E-state index contributed by atoms with van der Waals surface area (Å²) in [6.45, 7) is 6.07. The summed E-state index contributed by atoms with van der Waals surface area (Å²) >= 11 is 0. The third kappa shape index (κ3) is 5.25. The van der Waals surface area contributed by atoms with Crippen LogP contribution in [0.1, 0.15) is 57.6 Å². The van der Waals surface area contributed by atoms with Crippen LogP contribution in [0.3, 0.4) is 0 Å². The van der Waals surface area contributed by atoms with Gasteiger partial charge in [-0.05, 0) is 32.2 Å². The average molecular weight is 279 g/mol. The summed E-state index contributed by atoms with van der Waals surface area (Å²) in [5.41, 5.74) is 1.28. The van der Waals surface area contributed by atoms with Crippen LogP contribution in [-0.2, 0) is 17.8 Å². The number of imidazole rings is 1. The molecule has 20 heavy (non-hydrogen) atoms. The van der Waals surface area contributed by atoms with E-state index < -0.39 is 0 Å². The van der Waals surface area contributed by atoms with Crippen LogP contribution in [0.5, 0.6) is 0 Å². The molecule has 0 radical (unpaired) electrons. The molecule has 0 bridgehead atoms. The van der Waals surface area contributed by atoms with Crippen molar-refractivity contribution in [3.8, 4) is 0 Å². The van der Waals surface area contributed by atoms with Gasteiger partial charge in [-0.2, -0.15) is 0 Å². The highest BCUT2D eigenvalue weighted by atomic mass is 16.5. The second-order valence-corrected chi connectivity index (χ2v) is 5.74. The molecule has 1 aromatic rings. The van der Waals surface area contributed by atoms with E-state index in [0.717, 1.165) is 39.1 Å². The Kier molecular flexibility index (Phi) is 7.09. The molecule has 0 spiro atoms. The van der Waals surface area contributed by atoms with Crippen molar-refractivity contribution in [2.45, 2.75) is 71.1 Å². The third-order valence-electron chi connectivity index (χ3n) is 3.97. The van der Waals surface area contributed by atoms with Crippen molar-refractivity contribution in [3.63, 3.8) is 0 Å². The first-order valence-corrected chi connectivity index (χ1v) is 8.21. The van der Waals surface area contributed by atoms with E-state index in [1.54, 1.807) is 0 Å². The Morgan fingerprint density at radius 2 is 2.20 bits per heavy atom. The lowest BCUT2D eigenvalue weighted by molar-refractivity contribution is 0.0273. The van der Waals surface area contributed by atoms with E-state index >= 15 is 0 Å². The minimum atomic E-state index is 0.537. The molecular formula is C16H29N3O. The highest BCUT2D eigenvalue weighted by molar-refractivity contribution is 4.97. The molecule has 1 heterocycles. The van der Waals surface area contributed by atoms with Gasteiger partial charge >= 0.3 is 0 Å². The van der Waals surface area contributed by atoms with Gasteiger partial charge in [0.25, 0.3) is 0 Å². The Balaban J connectivity index is 1.51. The highest BCUT2D eigenvalue weighted by Gasteiger charge is 2.12. The third-order valence-corrected chi connectivity index (χ3v) is 3.97. The van der Waals surface area contributed by atoms with E-state index in [2.05, 4.69) is 21.8 Å². The highest BCUT2D eigenvalue weighted by Crippen LogP contribution is 2.20. The number of nitrogens with zero attached hydrogens (tertiary/aromatic N) is 2. The maximum absolute atomic E-state index is 5.92. The predicted octanol–water partition coefficient (Wildman–Crippen LogP) is 3.12. The molecule has 1 aliphatic rings. The van der Waals surface area contributed by atoms with Gasteiger partial charge in [-0.3, -0.25) is 0 Å². The minimum absolute atomic E-state index is 0.537. The molecule has 0 atom stereocenters. The van der Waals surface area contributed by atoms with Gasteiger partial charge < -0.3 is 14.6 Å². The van der Waals surface area contributed by atoms with E-state index in [1.165, 1.54) is 37.8 Å². The van der Waals surface area contributed by atoms with E-state index in [1.807, 2.05) is 12.5 Å². The lowest BCUT2D eigenvalue weighted by Crippen LogP contribution is -2.21. The van der Waals surface area contributed by atoms with Gasteiger partial charge in [-0.1, -0.05) is 26.2 Å². The number of aryl methyl sites for hydroxylation is 1. The lowest BCUT2D eigenvalue weighted by Gasteiger charge is -2.21. The van der Waals surface area contributed by atoms with Crippen molar-refractivity contribution >= 4 is 0 Å². The molecule has 1 fully saturated rings. The number of aromatic nitrogens is 2.